The number of fused-ring (bicyclic) bond motifs is 7. The van der Waals surface area contributed by atoms with Crippen molar-refractivity contribution in [3.05, 3.63) is 163 Å². The van der Waals surface area contributed by atoms with E-state index in [0.717, 1.165) is 70.0 Å². The Morgan fingerprint density at radius 1 is 0.614 bits per heavy atom. The highest BCUT2D eigenvalue weighted by molar-refractivity contribution is 5.96. The number of hydrogen-bond acceptors (Lipinski definition) is 13. The van der Waals surface area contributed by atoms with Gasteiger partial charge in [-0.25, -0.2) is 28.8 Å². The molecule has 3 amide bonds. The fourth-order valence-corrected chi connectivity index (χ4v) is 12.2. The Morgan fingerprint density at radius 3 is 1.58 bits per heavy atom. The number of aromatic amines is 2. The minimum absolute atomic E-state index is 0.0124. The lowest BCUT2D eigenvalue weighted by molar-refractivity contribution is -0.0342. The Bertz CT molecular complexity index is 3820. The second kappa shape index (κ2) is 22.6. The fourth-order valence-electron chi connectivity index (χ4n) is 12.2. The van der Waals surface area contributed by atoms with Crippen LogP contribution in [-0.2, 0) is 17.6 Å². The summed E-state index contributed by atoms with van der Waals surface area (Å²) in [6.07, 6.45) is 11.9. The lowest BCUT2D eigenvalue weighted by Crippen LogP contribution is -2.65. The maximum Gasteiger partial charge on any atom is 0.410 e. The van der Waals surface area contributed by atoms with E-state index < -0.39 is 23.1 Å². The maximum absolute atomic E-state index is 15.1. The number of nitriles is 1. The smallest absolute Gasteiger partial charge is 0.410 e. The molecule has 4 bridgehead atoms. The van der Waals surface area contributed by atoms with E-state index in [2.05, 4.69) is 36.3 Å². The molecular weight excluding hydrogens is 1060 g/mol. The van der Waals surface area contributed by atoms with Gasteiger partial charge in [0.15, 0.2) is 0 Å². The summed E-state index contributed by atoms with van der Waals surface area (Å²) in [6.45, 7) is 7.12. The van der Waals surface area contributed by atoms with Crippen LogP contribution in [0.5, 0.6) is 11.5 Å². The molecule has 2 saturated carbocycles. The van der Waals surface area contributed by atoms with Gasteiger partial charge in [0, 0.05) is 74.1 Å². The van der Waals surface area contributed by atoms with Crippen molar-refractivity contribution >= 4 is 45.3 Å². The Hall–Kier alpha value is -8.73. The number of benzene rings is 4. The Labute approximate surface area is 477 Å². The zero-order valence-corrected chi connectivity index (χ0v) is 46.5. The third-order valence-corrected chi connectivity index (χ3v) is 17.0. The van der Waals surface area contributed by atoms with E-state index in [9.17, 15) is 24.0 Å². The van der Waals surface area contributed by atoms with Gasteiger partial charge in [0.25, 0.3) is 22.9 Å². The highest BCUT2D eigenvalue weighted by Crippen LogP contribution is 2.37. The zero-order valence-electron chi connectivity index (χ0n) is 46.5. The molecular formula is C63H64F2N10O8. The second-order valence-electron chi connectivity index (χ2n) is 23.7. The number of ether oxygens (including phenoxy) is 3. The van der Waals surface area contributed by atoms with Gasteiger partial charge in [-0.2, -0.15) is 15.5 Å². The molecule has 4 unspecified atom stereocenters. The second-order valence-corrected chi connectivity index (χ2v) is 23.7. The zero-order chi connectivity index (χ0) is 57.7. The number of hydrogen-bond donors (Lipinski definition) is 2. The number of anilines is 1. The number of H-pyrrole nitrogens is 2. The normalized spacial score (nSPS) is 20.3. The van der Waals surface area contributed by atoms with Gasteiger partial charge in [-0.05, 0) is 169 Å². The van der Waals surface area contributed by atoms with Crippen LogP contribution in [-0.4, -0.2) is 126 Å². The first-order valence-corrected chi connectivity index (χ1v) is 28.7. The van der Waals surface area contributed by atoms with Gasteiger partial charge in [0.2, 0.25) is 0 Å². The van der Waals surface area contributed by atoms with Crippen LogP contribution < -0.4 is 25.5 Å². The monoisotopic (exact) mass is 1130 g/mol. The predicted octanol–water partition coefficient (Wildman–Crippen LogP) is 9.15. The number of likely N-dealkylation sites (tertiary alicyclic amines) is 1. The van der Waals surface area contributed by atoms with Crippen molar-refractivity contribution in [3.63, 3.8) is 0 Å². The average molecular weight is 1130 g/mol. The molecule has 428 valence electrons. The van der Waals surface area contributed by atoms with E-state index in [1.807, 2.05) is 39.0 Å². The number of piperidine rings is 2. The van der Waals surface area contributed by atoms with Crippen LogP contribution in [0.3, 0.4) is 0 Å². The number of nitrogens with one attached hydrogen (secondary N) is 2. The first kappa shape index (κ1) is 54.8. The number of nitrogens with zero attached hydrogens (tertiary/aromatic N) is 8. The summed E-state index contributed by atoms with van der Waals surface area (Å²) < 4.78 is 47.8. The van der Waals surface area contributed by atoms with Crippen molar-refractivity contribution in [3.8, 4) is 17.6 Å². The van der Waals surface area contributed by atoms with Crippen LogP contribution in [0.15, 0.2) is 101 Å². The molecule has 7 fully saturated rings. The van der Waals surface area contributed by atoms with E-state index in [4.69, 9.17) is 19.5 Å². The van der Waals surface area contributed by atoms with Crippen LogP contribution in [0.1, 0.15) is 134 Å². The summed E-state index contributed by atoms with van der Waals surface area (Å²) in [4.78, 5) is 76.8. The van der Waals surface area contributed by atoms with Gasteiger partial charge in [-0.1, -0.05) is 12.1 Å². The third-order valence-electron chi connectivity index (χ3n) is 17.0. The molecule has 83 heavy (non-hydrogen) atoms. The molecule has 2 N–H and O–H groups in total. The summed E-state index contributed by atoms with van der Waals surface area (Å²) in [5.41, 5.74) is 1.96. The summed E-state index contributed by atoms with van der Waals surface area (Å²) in [6, 6.07) is 25.3. The minimum Gasteiger partial charge on any atom is -0.490 e. The molecule has 4 atom stereocenters. The van der Waals surface area contributed by atoms with E-state index in [0.29, 0.717) is 100 Å². The summed E-state index contributed by atoms with van der Waals surface area (Å²) >= 11 is 0. The predicted molar refractivity (Wildman–Crippen MR) is 305 cm³/mol. The number of amides is 3. The van der Waals surface area contributed by atoms with Crippen LogP contribution in [0, 0.1) is 23.0 Å². The molecule has 3 aromatic heterocycles. The molecule has 5 aliphatic heterocycles. The highest BCUT2D eigenvalue weighted by atomic mass is 19.1. The molecule has 14 rings (SSSR count). The van der Waals surface area contributed by atoms with E-state index >= 15 is 8.78 Å². The first-order valence-electron chi connectivity index (χ1n) is 28.7. The average Bonchev–Trinajstić information content (AvgIpc) is 3.93. The SMILES string of the molecule is CC(C)(C)OC(=O)N1CC2CCC1CN2C(=O)c1cc(Cc2n[nH]c(=O)c3ccc(OC4CCC4)cc23)ccc1F.N#Cc1ccc(N2C3CCC2CN(C(=O)c2cc(Cc4n[nH]c(=O)c5ccc(OC6CCC6)cc45)ccc2F)C3)nc1. The van der Waals surface area contributed by atoms with Crippen molar-refractivity contribution in [2.75, 3.05) is 31.1 Å². The van der Waals surface area contributed by atoms with Crippen LogP contribution in [0.4, 0.5) is 19.4 Å². The number of pyridine rings is 1. The number of halogens is 2. The summed E-state index contributed by atoms with van der Waals surface area (Å²) in [5.74, 6) is 0.283. The van der Waals surface area contributed by atoms with E-state index in [1.54, 1.807) is 75.5 Å². The molecule has 20 heteroatoms. The van der Waals surface area contributed by atoms with Crippen molar-refractivity contribution in [1.82, 2.24) is 40.1 Å². The quantitative estimate of drug-likeness (QED) is 0.124. The van der Waals surface area contributed by atoms with Crippen molar-refractivity contribution < 1.29 is 37.4 Å². The number of carbonyl (C=O) groups is 3. The van der Waals surface area contributed by atoms with Gasteiger partial charge in [0.05, 0.1) is 57.1 Å². The molecule has 2 aliphatic carbocycles. The largest absolute Gasteiger partial charge is 0.490 e. The fraction of sp³-hybridized carbons (Fsp3) is 0.413. The lowest BCUT2D eigenvalue weighted by atomic mass is 9.90. The molecule has 4 aromatic carbocycles. The van der Waals surface area contributed by atoms with E-state index in [1.165, 1.54) is 12.1 Å². The molecule has 0 spiro atoms. The van der Waals surface area contributed by atoms with Crippen LogP contribution in [0.2, 0.25) is 0 Å². The van der Waals surface area contributed by atoms with Crippen molar-refractivity contribution in [2.45, 2.75) is 140 Å². The Morgan fingerprint density at radius 2 is 1.12 bits per heavy atom. The number of rotatable bonds is 11. The lowest BCUT2D eigenvalue weighted by Gasteiger charge is -2.51. The number of carbonyl (C=O) groups excluding carboxylic acids is 3. The highest BCUT2D eigenvalue weighted by Gasteiger charge is 2.45. The Kier molecular flexibility index (Phi) is 14.9. The van der Waals surface area contributed by atoms with Gasteiger partial charge >= 0.3 is 6.09 Å². The van der Waals surface area contributed by atoms with Gasteiger partial charge in [-0.3, -0.25) is 19.2 Å². The number of aromatic nitrogens is 5. The minimum atomic E-state index is -0.607. The van der Waals surface area contributed by atoms with Gasteiger partial charge in [0.1, 0.15) is 40.6 Å². The molecule has 18 nitrogen and oxygen atoms in total. The molecule has 7 aliphatic rings. The first-order chi connectivity index (χ1) is 40.0. The number of piperazine rings is 2. The summed E-state index contributed by atoms with van der Waals surface area (Å²) in [5, 5.41) is 25.2. The standard InChI is InChI=1S/C32H29FN6O3.C31H35FN4O5/c33-28-10-4-19(13-29-26-14-24(42-23-2-1-3-23)8-9-25(26)31(40)37-36-29)12-27(28)32(41)38-17-21-6-7-22(18-38)39(21)30-11-5-20(15-34)16-35-30;1-31(2,3)41-30(39)36-17-19-8-9-20(36)16-35(19)29(38)25-13-18(7-12-26(25)32)14-27-24-15-22(40-21-5-4-6-21)10-11-23(24)28(37)34-33-27/h4-5,8-12,14,16,21-23H,1-3,6-7,13,17-18H2,(H,37,40);7,10-13,15,19-21H,4-6,8-9,14,16-17H2,1-3H3,(H,34,37). The van der Waals surface area contributed by atoms with Crippen LogP contribution in [0.25, 0.3) is 21.5 Å². The molecule has 8 heterocycles. The van der Waals surface area contributed by atoms with E-state index in [-0.39, 0.29) is 70.6 Å². The topological polar surface area (TPSA) is 220 Å². The third kappa shape index (κ3) is 11.5. The van der Waals surface area contributed by atoms with Crippen LogP contribution >= 0.6 is 0 Å². The van der Waals surface area contributed by atoms with Crippen molar-refractivity contribution in [1.29, 1.82) is 5.26 Å². The van der Waals surface area contributed by atoms with Crippen molar-refractivity contribution in [2.24, 2.45) is 0 Å². The maximum atomic E-state index is 15.1. The van der Waals surface area contributed by atoms with Gasteiger partial charge in [-0.15, -0.1) is 0 Å². The summed E-state index contributed by atoms with van der Waals surface area (Å²) in [7, 11) is 0. The van der Waals surface area contributed by atoms with Gasteiger partial charge < -0.3 is 33.8 Å². The Balaban J connectivity index is 0.000000164. The molecule has 7 aromatic rings. The molecule has 0 radical (unpaired) electrons. The molecule has 5 saturated heterocycles.